The molecule has 2 atom stereocenters. The van der Waals surface area contributed by atoms with Gasteiger partial charge in [-0.25, -0.2) is 8.78 Å². The molecular weight excluding hydrogens is 244 g/mol. The Morgan fingerprint density at radius 1 is 1.11 bits per heavy atom. The normalized spacial score (nSPS) is 23.2. The average molecular weight is 267 g/mol. The molecule has 0 spiro atoms. The second-order valence-corrected chi connectivity index (χ2v) is 6.00. The minimum Gasteiger partial charge on any atom is -0.314 e. The predicted octanol–water partition coefficient (Wildman–Crippen LogP) is 3.92. The highest BCUT2D eigenvalue weighted by Gasteiger charge is 2.27. The van der Waals surface area contributed by atoms with Crippen molar-refractivity contribution in [2.24, 2.45) is 11.8 Å². The summed E-state index contributed by atoms with van der Waals surface area (Å²) in [7, 11) is 0. The topological polar surface area (TPSA) is 12.0 Å². The van der Waals surface area contributed by atoms with Crippen molar-refractivity contribution in [3.8, 4) is 0 Å². The van der Waals surface area contributed by atoms with Crippen LogP contribution in [0.4, 0.5) is 8.78 Å². The van der Waals surface area contributed by atoms with Crippen LogP contribution in [-0.2, 0) is 6.42 Å². The van der Waals surface area contributed by atoms with Crippen LogP contribution >= 0.6 is 0 Å². The van der Waals surface area contributed by atoms with Crippen LogP contribution in [0.1, 0.15) is 38.7 Å². The molecule has 1 N–H and O–H groups in total. The van der Waals surface area contributed by atoms with Crippen molar-refractivity contribution in [2.45, 2.75) is 45.6 Å². The van der Waals surface area contributed by atoms with E-state index in [2.05, 4.69) is 19.2 Å². The number of hydrogen-bond acceptors (Lipinski definition) is 1. The van der Waals surface area contributed by atoms with Crippen LogP contribution in [0, 0.1) is 23.5 Å². The summed E-state index contributed by atoms with van der Waals surface area (Å²) in [5.41, 5.74) is 0.791. The van der Waals surface area contributed by atoms with E-state index in [1.165, 1.54) is 31.4 Å². The minimum atomic E-state index is -0.468. The molecule has 106 valence electrons. The summed E-state index contributed by atoms with van der Waals surface area (Å²) in [5.74, 6) is 0.246. The number of rotatable bonds is 5. The summed E-state index contributed by atoms with van der Waals surface area (Å²) in [6.07, 6.45) is 4.41. The van der Waals surface area contributed by atoms with Gasteiger partial charge in [0, 0.05) is 12.1 Å². The van der Waals surface area contributed by atoms with Gasteiger partial charge in [0.2, 0.25) is 0 Å². The SMILES string of the molecule is CC(C)NCC1CCCC1Cc1cc(F)cc(F)c1. The lowest BCUT2D eigenvalue weighted by molar-refractivity contribution is 0.353. The molecule has 1 aliphatic carbocycles. The van der Waals surface area contributed by atoms with Gasteiger partial charge in [-0.2, -0.15) is 0 Å². The lowest BCUT2D eigenvalue weighted by atomic mass is 9.89. The van der Waals surface area contributed by atoms with Gasteiger partial charge >= 0.3 is 0 Å². The molecule has 0 saturated heterocycles. The molecule has 0 bridgehead atoms. The summed E-state index contributed by atoms with van der Waals surface area (Å²) >= 11 is 0. The van der Waals surface area contributed by atoms with E-state index in [1.807, 2.05) is 0 Å². The Bertz CT molecular complexity index is 397. The first-order valence-corrected chi connectivity index (χ1v) is 7.23. The smallest absolute Gasteiger partial charge is 0.126 e. The van der Waals surface area contributed by atoms with Gasteiger partial charge < -0.3 is 5.32 Å². The largest absolute Gasteiger partial charge is 0.314 e. The average Bonchev–Trinajstić information content (AvgIpc) is 2.72. The highest BCUT2D eigenvalue weighted by atomic mass is 19.1. The van der Waals surface area contributed by atoms with Gasteiger partial charge in [0.15, 0.2) is 0 Å². The zero-order valence-corrected chi connectivity index (χ0v) is 11.8. The zero-order valence-electron chi connectivity index (χ0n) is 11.8. The molecule has 0 aromatic heterocycles. The maximum atomic E-state index is 13.2. The number of halogens is 2. The van der Waals surface area contributed by atoms with E-state index in [4.69, 9.17) is 0 Å². The van der Waals surface area contributed by atoms with E-state index in [9.17, 15) is 8.78 Å². The van der Waals surface area contributed by atoms with Gasteiger partial charge in [-0.3, -0.25) is 0 Å². The number of benzene rings is 1. The molecule has 1 saturated carbocycles. The lowest BCUT2D eigenvalue weighted by Crippen LogP contribution is -2.31. The van der Waals surface area contributed by atoms with Crippen LogP contribution in [0.2, 0.25) is 0 Å². The second-order valence-electron chi connectivity index (χ2n) is 6.00. The molecule has 3 heteroatoms. The maximum absolute atomic E-state index is 13.2. The Morgan fingerprint density at radius 2 is 1.74 bits per heavy atom. The van der Waals surface area contributed by atoms with Crippen molar-refractivity contribution in [1.29, 1.82) is 0 Å². The van der Waals surface area contributed by atoms with Crippen LogP contribution in [-0.4, -0.2) is 12.6 Å². The van der Waals surface area contributed by atoms with E-state index >= 15 is 0 Å². The van der Waals surface area contributed by atoms with E-state index in [1.54, 1.807) is 0 Å². The molecule has 2 unspecified atom stereocenters. The summed E-state index contributed by atoms with van der Waals surface area (Å²) < 4.78 is 26.4. The molecule has 2 rings (SSSR count). The molecule has 1 nitrogen and oxygen atoms in total. The third-order valence-corrected chi connectivity index (χ3v) is 4.03. The van der Waals surface area contributed by atoms with Crippen molar-refractivity contribution in [1.82, 2.24) is 5.32 Å². The van der Waals surface area contributed by atoms with Crippen LogP contribution in [0.3, 0.4) is 0 Å². The molecule has 0 aliphatic heterocycles. The van der Waals surface area contributed by atoms with Crippen LogP contribution in [0.25, 0.3) is 0 Å². The molecule has 0 heterocycles. The third-order valence-electron chi connectivity index (χ3n) is 4.03. The molecule has 0 amide bonds. The monoisotopic (exact) mass is 267 g/mol. The molecule has 0 radical (unpaired) electrons. The summed E-state index contributed by atoms with van der Waals surface area (Å²) in [6.45, 7) is 5.30. The molecule has 1 fully saturated rings. The summed E-state index contributed by atoms with van der Waals surface area (Å²) in [6, 6.07) is 4.37. The Labute approximate surface area is 114 Å². The Morgan fingerprint density at radius 3 is 2.37 bits per heavy atom. The van der Waals surface area contributed by atoms with E-state index in [-0.39, 0.29) is 0 Å². The summed E-state index contributed by atoms with van der Waals surface area (Å²) in [5, 5.41) is 3.48. The van der Waals surface area contributed by atoms with Gasteiger partial charge in [0.05, 0.1) is 0 Å². The first kappa shape index (κ1) is 14.4. The quantitative estimate of drug-likeness (QED) is 0.852. The standard InChI is InChI=1S/C16H23F2N/c1-11(2)19-10-14-5-3-4-13(14)6-12-7-15(17)9-16(18)8-12/h7-9,11,13-14,19H,3-6,10H2,1-2H3. The zero-order chi connectivity index (χ0) is 13.8. The van der Waals surface area contributed by atoms with Crippen molar-refractivity contribution in [3.05, 3.63) is 35.4 Å². The fourth-order valence-electron chi connectivity index (χ4n) is 3.07. The molecule has 1 aliphatic rings. The van der Waals surface area contributed by atoms with Crippen molar-refractivity contribution in [3.63, 3.8) is 0 Å². The highest BCUT2D eigenvalue weighted by molar-refractivity contribution is 5.18. The third kappa shape index (κ3) is 4.27. The van der Waals surface area contributed by atoms with E-state index in [0.29, 0.717) is 17.9 Å². The molecular formula is C16H23F2N. The number of nitrogens with one attached hydrogen (secondary N) is 1. The van der Waals surface area contributed by atoms with Gasteiger partial charge in [0.1, 0.15) is 11.6 Å². The lowest BCUT2D eigenvalue weighted by Gasteiger charge is -2.21. The van der Waals surface area contributed by atoms with Crippen LogP contribution in [0.15, 0.2) is 18.2 Å². The minimum absolute atomic E-state index is 0.468. The fraction of sp³-hybridized carbons (Fsp3) is 0.625. The summed E-state index contributed by atoms with van der Waals surface area (Å²) in [4.78, 5) is 0. The Kier molecular flexibility index (Phi) is 4.92. The van der Waals surface area contributed by atoms with Crippen molar-refractivity contribution >= 4 is 0 Å². The molecule has 19 heavy (non-hydrogen) atoms. The molecule has 1 aromatic rings. The van der Waals surface area contributed by atoms with Crippen LogP contribution < -0.4 is 5.32 Å². The van der Waals surface area contributed by atoms with Gasteiger partial charge in [-0.05, 0) is 55.3 Å². The number of hydrogen-bond donors (Lipinski definition) is 1. The fourth-order valence-corrected chi connectivity index (χ4v) is 3.07. The van der Waals surface area contributed by atoms with Gasteiger partial charge in [-0.15, -0.1) is 0 Å². The first-order chi connectivity index (χ1) is 9.04. The second kappa shape index (κ2) is 6.47. The van der Waals surface area contributed by atoms with Crippen molar-refractivity contribution < 1.29 is 8.78 Å². The highest BCUT2D eigenvalue weighted by Crippen LogP contribution is 2.34. The van der Waals surface area contributed by atoms with Crippen molar-refractivity contribution in [2.75, 3.05) is 6.54 Å². The van der Waals surface area contributed by atoms with E-state index < -0.39 is 11.6 Å². The van der Waals surface area contributed by atoms with Gasteiger partial charge in [0.25, 0.3) is 0 Å². The maximum Gasteiger partial charge on any atom is 0.126 e. The Hall–Kier alpha value is -0.960. The first-order valence-electron chi connectivity index (χ1n) is 7.23. The predicted molar refractivity (Wildman–Crippen MR) is 74.0 cm³/mol. The van der Waals surface area contributed by atoms with Gasteiger partial charge in [-0.1, -0.05) is 20.3 Å². The molecule has 1 aromatic carbocycles. The Balaban J connectivity index is 1.96. The van der Waals surface area contributed by atoms with Crippen LogP contribution in [0.5, 0.6) is 0 Å². The van der Waals surface area contributed by atoms with E-state index in [0.717, 1.165) is 24.6 Å².